The smallest absolute Gasteiger partial charge is 0.243 e. The monoisotopic (exact) mass is 358 g/mol. The highest BCUT2D eigenvalue weighted by molar-refractivity contribution is 7.92. The summed E-state index contributed by atoms with van der Waals surface area (Å²) in [7, 11) is -3.21. The van der Waals surface area contributed by atoms with Crippen molar-refractivity contribution in [3.8, 4) is 0 Å². The molecule has 0 N–H and O–H groups in total. The minimum absolute atomic E-state index is 0.0631. The molecule has 1 aromatic rings. The molecule has 23 heavy (non-hydrogen) atoms. The van der Waals surface area contributed by atoms with Crippen LogP contribution in [0.2, 0.25) is 0 Å². The molecule has 0 unspecified atom stereocenters. The molecule has 2 aliphatic rings. The van der Waals surface area contributed by atoms with E-state index in [2.05, 4.69) is 0 Å². The summed E-state index contributed by atoms with van der Waals surface area (Å²) in [5, 5.41) is -0.588. The van der Waals surface area contributed by atoms with E-state index in [-0.39, 0.29) is 35.7 Å². The molecule has 3 rings (SSSR count). The number of sulfonamides is 1. The van der Waals surface area contributed by atoms with Crippen LogP contribution in [-0.4, -0.2) is 70.3 Å². The maximum atomic E-state index is 12.8. The lowest BCUT2D eigenvalue weighted by Crippen LogP contribution is -2.38. The van der Waals surface area contributed by atoms with Crippen molar-refractivity contribution in [2.24, 2.45) is 5.92 Å². The SMILES string of the molecule is Cc1cccc(S(=O)(=O)N2C[C@H]3[C@H](N(C)C)CS(=O)(=O)[C@H]3C2)c1. The van der Waals surface area contributed by atoms with Gasteiger partial charge in [0.15, 0.2) is 9.84 Å². The summed E-state index contributed by atoms with van der Waals surface area (Å²) in [5.41, 5.74) is 0.865. The number of aryl methyl sites for hydroxylation is 1. The first-order valence-electron chi connectivity index (χ1n) is 7.58. The standard InChI is InChI=1S/C15H22N2O4S2/c1-11-5-4-6-12(7-11)23(20,21)17-8-13-14(16(2)3)10-22(18,19)15(13)9-17/h4-7,13-15H,8-10H2,1-3H3/t13-,14+,15-/m0/s1. The van der Waals surface area contributed by atoms with E-state index in [1.165, 1.54) is 4.31 Å². The fourth-order valence-corrected chi connectivity index (χ4v) is 7.83. The Bertz CT molecular complexity index is 818. The van der Waals surface area contributed by atoms with Crippen molar-refractivity contribution in [1.29, 1.82) is 0 Å². The Labute approximate surface area is 138 Å². The lowest BCUT2D eigenvalue weighted by molar-refractivity contribution is 0.249. The van der Waals surface area contributed by atoms with Crippen LogP contribution in [0.25, 0.3) is 0 Å². The molecule has 2 saturated heterocycles. The lowest BCUT2D eigenvalue weighted by atomic mass is 10.00. The van der Waals surface area contributed by atoms with E-state index in [1.54, 1.807) is 18.2 Å². The molecule has 0 spiro atoms. The van der Waals surface area contributed by atoms with Crippen molar-refractivity contribution >= 4 is 19.9 Å². The second kappa shape index (κ2) is 5.54. The maximum Gasteiger partial charge on any atom is 0.243 e. The zero-order valence-electron chi connectivity index (χ0n) is 13.5. The van der Waals surface area contributed by atoms with Crippen molar-refractivity contribution in [3.63, 3.8) is 0 Å². The van der Waals surface area contributed by atoms with Gasteiger partial charge in [0.2, 0.25) is 10.0 Å². The topological polar surface area (TPSA) is 74.8 Å². The van der Waals surface area contributed by atoms with E-state index >= 15 is 0 Å². The van der Waals surface area contributed by atoms with E-state index in [9.17, 15) is 16.8 Å². The summed E-state index contributed by atoms with van der Waals surface area (Å²) in [6.45, 7) is 2.17. The third kappa shape index (κ3) is 2.82. The summed E-state index contributed by atoms with van der Waals surface area (Å²) < 4.78 is 51.7. The van der Waals surface area contributed by atoms with Gasteiger partial charge in [-0.1, -0.05) is 12.1 Å². The predicted molar refractivity (Wildman–Crippen MR) is 88.5 cm³/mol. The first-order valence-corrected chi connectivity index (χ1v) is 10.7. The quantitative estimate of drug-likeness (QED) is 0.779. The molecule has 1 aromatic carbocycles. The molecule has 0 aromatic heterocycles. The summed E-state index contributed by atoms with van der Waals surface area (Å²) in [6.07, 6.45) is 0. The molecule has 0 bridgehead atoms. The van der Waals surface area contributed by atoms with Crippen molar-refractivity contribution in [1.82, 2.24) is 9.21 Å². The summed E-state index contributed by atoms with van der Waals surface area (Å²) in [6, 6.07) is 6.61. The van der Waals surface area contributed by atoms with Crippen LogP contribution < -0.4 is 0 Å². The van der Waals surface area contributed by atoms with Gasteiger partial charge in [-0.3, -0.25) is 0 Å². The maximum absolute atomic E-state index is 12.8. The van der Waals surface area contributed by atoms with Crippen molar-refractivity contribution in [2.45, 2.75) is 23.1 Å². The van der Waals surface area contributed by atoms with Crippen molar-refractivity contribution in [2.75, 3.05) is 32.9 Å². The molecule has 0 radical (unpaired) electrons. The van der Waals surface area contributed by atoms with Gasteiger partial charge in [-0.2, -0.15) is 4.31 Å². The van der Waals surface area contributed by atoms with Crippen LogP contribution in [0.1, 0.15) is 5.56 Å². The van der Waals surface area contributed by atoms with Crippen LogP contribution in [0.5, 0.6) is 0 Å². The molecule has 128 valence electrons. The summed E-state index contributed by atoms with van der Waals surface area (Å²) in [5.74, 6) is -0.0391. The van der Waals surface area contributed by atoms with E-state index in [4.69, 9.17) is 0 Å². The number of rotatable bonds is 3. The van der Waals surface area contributed by atoms with Gasteiger partial charge in [-0.25, -0.2) is 16.8 Å². The van der Waals surface area contributed by atoms with Gasteiger partial charge in [0.1, 0.15) is 0 Å². The Kier molecular flexibility index (Phi) is 4.07. The van der Waals surface area contributed by atoms with Gasteiger partial charge >= 0.3 is 0 Å². The van der Waals surface area contributed by atoms with Crippen LogP contribution in [0.4, 0.5) is 0 Å². The Morgan fingerprint density at radius 3 is 2.52 bits per heavy atom. The average Bonchev–Trinajstić information content (AvgIpc) is 2.99. The van der Waals surface area contributed by atoms with E-state index in [0.29, 0.717) is 0 Å². The van der Waals surface area contributed by atoms with Crippen molar-refractivity contribution in [3.05, 3.63) is 29.8 Å². The van der Waals surface area contributed by atoms with Crippen LogP contribution in [0.15, 0.2) is 29.2 Å². The highest BCUT2D eigenvalue weighted by atomic mass is 32.2. The lowest BCUT2D eigenvalue weighted by Gasteiger charge is -2.24. The van der Waals surface area contributed by atoms with Gasteiger partial charge in [0.25, 0.3) is 0 Å². The van der Waals surface area contributed by atoms with E-state index in [0.717, 1.165) is 5.56 Å². The van der Waals surface area contributed by atoms with Gasteiger partial charge < -0.3 is 4.90 Å². The predicted octanol–water partition coefficient (Wildman–Crippen LogP) is 0.343. The second-order valence-corrected chi connectivity index (χ2v) is 10.9. The molecule has 3 atom stereocenters. The summed E-state index contributed by atoms with van der Waals surface area (Å²) in [4.78, 5) is 2.13. The number of benzene rings is 1. The van der Waals surface area contributed by atoms with E-state index in [1.807, 2.05) is 32.0 Å². The molecule has 6 nitrogen and oxygen atoms in total. The fourth-order valence-electron chi connectivity index (χ4n) is 3.65. The Morgan fingerprint density at radius 2 is 1.91 bits per heavy atom. The number of sulfone groups is 1. The number of nitrogens with zero attached hydrogens (tertiary/aromatic N) is 2. The molecule has 0 saturated carbocycles. The zero-order valence-corrected chi connectivity index (χ0v) is 15.1. The molecule has 0 aliphatic carbocycles. The highest BCUT2D eigenvalue weighted by Crippen LogP contribution is 2.38. The molecule has 2 heterocycles. The molecule has 8 heteroatoms. The van der Waals surface area contributed by atoms with Gasteiger partial charge in [-0.05, 0) is 38.7 Å². The number of hydrogen-bond donors (Lipinski definition) is 0. The molecule has 2 fully saturated rings. The third-order valence-corrected chi connectivity index (χ3v) is 8.98. The molecular formula is C15H22N2O4S2. The van der Waals surface area contributed by atoms with Crippen LogP contribution in [0, 0.1) is 12.8 Å². The van der Waals surface area contributed by atoms with Crippen LogP contribution in [-0.2, 0) is 19.9 Å². The molecule has 2 aliphatic heterocycles. The number of fused-ring (bicyclic) bond motifs is 1. The zero-order chi connectivity index (χ0) is 17.0. The first-order chi connectivity index (χ1) is 10.6. The van der Waals surface area contributed by atoms with Gasteiger partial charge in [0, 0.05) is 25.0 Å². The van der Waals surface area contributed by atoms with Gasteiger partial charge in [-0.15, -0.1) is 0 Å². The average molecular weight is 358 g/mol. The minimum atomic E-state index is -3.65. The normalized spacial score (nSPS) is 30.7. The third-order valence-electron chi connectivity index (χ3n) is 4.92. The first kappa shape index (κ1) is 16.9. The van der Waals surface area contributed by atoms with Crippen LogP contribution >= 0.6 is 0 Å². The molecular weight excluding hydrogens is 336 g/mol. The molecule has 0 amide bonds. The van der Waals surface area contributed by atoms with Gasteiger partial charge in [0.05, 0.1) is 15.9 Å². The Morgan fingerprint density at radius 1 is 1.22 bits per heavy atom. The second-order valence-electron chi connectivity index (χ2n) is 6.70. The Hall–Kier alpha value is -0.960. The summed E-state index contributed by atoms with van der Waals surface area (Å²) >= 11 is 0. The number of hydrogen-bond acceptors (Lipinski definition) is 5. The minimum Gasteiger partial charge on any atom is -0.305 e. The van der Waals surface area contributed by atoms with E-state index < -0.39 is 25.1 Å². The fraction of sp³-hybridized carbons (Fsp3) is 0.600. The Balaban J connectivity index is 1.93. The van der Waals surface area contributed by atoms with Crippen molar-refractivity contribution < 1.29 is 16.8 Å². The van der Waals surface area contributed by atoms with Crippen LogP contribution in [0.3, 0.4) is 0 Å². The highest BCUT2D eigenvalue weighted by Gasteiger charge is 2.54. The largest absolute Gasteiger partial charge is 0.305 e.